The number of fused-ring (bicyclic) bond motifs is 2. The molecule has 2 bridgehead atoms. The van der Waals surface area contributed by atoms with Crippen LogP contribution >= 0.6 is 0 Å². The number of hydrogen-bond donors (Lipinski definition) is 0. The van der Waals surface area contributed by atoms with Gasteiger partial charge in [0, 0.05) is 0 Å². The highest BCUT2D eigenvalue weighted by molar-refractivity contribution is 5.84. The Kier molecular flexibility index (Phi) is 4.06. The van der Waals surface area contributed by atoms with Crippen molar-refractivity contribution in [2.24, 2.45) is 0 Å². The first-order valence-corrected chi connectivity index (χ1v) is 7.76. The first kappa shape index (κ1) is 13.6. The second-order valence-electron chi connectivity index (χ2n) is 5.89. The molecule has 2 saturated heterocycles. The molecule has 0 aliphatic carbocycles. The lowest BCUT2D eigenvalue weighted by Gasteiger charge is -2.47. The molecule has 2 aliphatic heterocycles. The SMILES string of the molecule is CC[C@H](C(=O)N1[C@@H]2CCC[C@@H]1COC2)c1ccccc1. The molecule has 2 aliphatic rings. The third kappa shape index (κ3) is 2.47. The van der Waals surface area contributed by atoms with Gasteiger partial charge >= 0.3 is 0 Å². The molecular formula is C17H23NO2. The smallest absolute Gasteiger partial charge is 0.230 e. The van der Waals surface area contributed by atoms with Crippen LogP contribution in [0.15, 0.2) is 30.3 Å². The minimum Gasteiger partial charge on any atom is -0.377 e. The highest BCUT2D eigenvalue weighted by Gasteiger charge is 2.39. The highest BCUT2D eigenvalue weighted by atomic mass is 16.5. The maximum atomic E-state index is 13.0. The number of rotatable bonds is 3. The van der Waals surface area contributed by atoms with Crippen LogP contribution in [0.5, 0.6) is 0 Å². The zero-order valence-corrected chi connectivity index (χ0v) is 12.1. The summed E-state index contributed by atoms with van der Waals surface area (Å²) in [4.78, 5) is 15.2. The van der Waals surface area contributed by atoms with Crippen molar-refractivity contribution in [2.45, 2.75) is 50.6 Å². The molecule has 1 amide bonds. The van der Waals surface area contributed by atoms with Gasteiger partial charge in [-0.25, -0.2) is 0 Å². The number of benzene rings is 1. The number of ether oxygens (including phenoxy) is 1. The Labute approximate surface area is 120 Å². The van der Waals surface area contributed by atoms with E-state index in [0.717, 1.165) is 24.8 Å². The van der Waals surface area contributed by atoms with Crippen molar-refractivity contribution in [3.05, 3.63) is 35.9 Å². The molecule has 0 radical (unpaired) electrons. The van der Waals surface area contributed by atoms with Crippen molar-refractivity contribution in [3.63, 3.8) is 0 Å². The Morgan fingerprint density at radius 3 is 2.50 bits per heavy atom. The monoisotopic (exact) mass is 273 g/mol. The van der Waals surface area contributed by atoms with Crippen molar-refractivity contribution in [1.29, 1.82) is 0 Å². The summed E-state index contributed by atoms with van der Waals surface area (Å²) in [6.07, 6.45) is 4.27. The van der Waals surface area contributed by atoms with Gasteiger partial charge in [-0.1, -0.05) is 37.3 Å². The topological polar surface area (TPSA) is 29.5 Å². The molecule has 0 N–H and O–H groups in total. The Morgan fingerprint density at radius 1 is 1.25 bits per heavy atom. The molecule has 0 saturated carbocycles. The first-order chi connectivity index (χ1) is 9.81. The van der Waals surface area contributed by atoms with E-state index < -0.39 is 0 Å². The van der Waals surface area contributed by atoms with E-state index in [9.17, 15) is 4.79 Å². The van der Waals surface area contributed by atoms with Crippen LogP contribution in [0.25, 0.3) is 0 Å². The third-order valence-corrected chi connectivity index (χ3v) is 4.64. The lowest BCUT2D eigenvalue weighted by molar-refractivity contribution is -0.152. The molecule has 0 unspecified atom stereocenters. The maximum absolute atomic E-state index is 13.0. The maximum Gasteiger partial charge on any atom is 0.230 e. The number of nitrogens with zero attached hydrogens (tertiary/aromatic N) is 1. The van der Waals surface area contributed by atoms with Gasteiger partial charge in [0.1, 0.15) is 0 Å². The molecule has 2 fully saturated rings. The van der Waals surface area contributed by atoms with E-state index in [2.05, 4.69) is 24.0 Å². The Balaban J connectivity index is 1.83. The molecule has 3 rings (SSSR count). The summed E-state index contributed by atoms with van der Waals surface area (Å²) in [6.45, 7) is 3.53. The van der Waals surface area contributed by atoms with Gasteiger partial charge in [0.2, 0.25) is 5.91 Å². The van der Waals surface area contributed by atoms with Crippen molar-refractivity contribution in [1.82, 2.24) is 4.90 Å². The van der Waals surface area contributed by atoms with E-state index in [-0.39, 0.29) is 5.92 Å². The number of hydrogen-bond acceptors (Lipinski definition) is 2. The summed E-state index contributed by atoms with van der Waals surface area (Å²) in [5, 5.41) is 0. The van der Waals surface area contributed by atoms with Crippen molar-refractivity contribution in [3.8, 4) is 0 Å². The fourth-order valence-electron chi connectivity index (χ4n) is 3.61. The standard InChI is InChI=1S/C17H23NO2/c1-2-16(13-7-4-3-5-8-13)17(19)18-14-9-6-10-15(18)12-20-11-14/h3-5,7-8,14-16H,2,6,9-12H2,1H3/t14-,15-,16+/m1/s1. The van der Waals surface area contributed by atoms with Gasteiger partial charge in [0.15, 0.2) is 0 Å². The molecule has 2 heterocycles. The Hall–Kier alpha value is -1.35. The average Bonchev–Trinajstić information content (AvgIpc) is 2.48. The normalized spacial score (nSPS) is 27.1. The van der Waals surface area contributed by atoms with Crippen LogP contribution in [0.1, 0.15) is 44.1 Å². The number of amides is 1. The summed E-state index contributed by atoms with van der Waals surface area (Å²) in [5.41, 5.74) is 1.14. The first-order valence-electron chi connectivity index (χ1n) is 7.76. The van der Waals surface area contributed by atoms with Crippen LogP contribution in [0, 0.1) is 0 Å². The summed E-state index contributed by atoms with van der Waals surface area (Å²) in [5.74, 6) is 0.300. The van der Waals surface area contributed by atoms with Gasteiger partial charge in [0.05, 0.1) is 31.2 Å². The highest BCUT2D eigenvalue weighted by Crippen LogP contribution is 2.32. The number of piperidine rings is 1. The molecule has 3 nitrogen and oxygen atoms in total. The minimum atomic E-state index is -0.00241. The van der Waals surface area contributed by atoms with Gasteiger partial charge in [-0.2, -0.15) is 0 Å². The van der Waals surface area contributed by atoms with Gasteiger partial charge in [-0.15, -0.1) is 0 Å². The summed E-state index contributed by atoms with van der Waals surface area (Å²) in [7, 11) is 0. The molecule has 20 heavy (non-hydrogen) atoms. The fraction of sp³-hybridized carbons (Fsp3) is 0.588. The fourth-order valence-corrected chi connectivity index (χ4v) is 3.61. The number of carbonyl (C=O) groups excluding carboxylic acids is 1. The minimum absolute atomic E-state index is 0.00241. The molecule has 3 heteroatoms. The van der Waals surface area contributed by atoms with Crippen LogP contribution in [-0.2, 0) is 9.53 Å². The molecule has 1 aromatic carbocycles. The number of carbonyl (C=O) groups is 1. The van der Waals surface area contributed by atoms with Crippen LogP contribution in [0.4, 0.5) is 0 Å². The van der Waals surface area contributed by atoms with E-state index >= 15 is 0 Å². The van der Waals surface area contributed by atoms with E-state index in [1.165, 1.54) is 6.42 Å². The van der Waals surface area contributed by atoms with Crippen molar-refractivity contribution in [2.75, 3.05) is 13.2 Å². The molecular weight excluding hydrogens is 250 g/mol. The second-order valence-corrected chi connectivity index (χ2v) is 5.89. The van der Waals surface area contributed by atoms with Gasteiger partial charge in [0.25, 0.3) is 0 Å². The summed E-state index contributed by atoms with van der Waals surface area (Å²) >= 11 is 0. The molecule has 108 valence electrons. The predicted molar refractivity (Wildman–Crippen MR) is 78.6 cm³/mol. The lowest BCUT2D eigenvalue weighted by atomic mass is 9.89. The Morgan fingerprint density at radius 2 is 1.90 bits per heavy atom. The van der Waals surface area contributed by atoms with Crippen molar-refractivity contribution < 1.29 is 9.53 Å². The molecule has 1 aromatic rings. The zero-order valence-electron chi connectivity index (χ0n) is 12.1. The predicted octanol–water partition coefficient (Wildman–Crippen LogP) is 2.96. The summed E-state index contributed by atoms with van der Waals surface area (Å²) in [6, 6.07) is 10.8. The van der Waals surface area contributed by atoms with Gasteiger partial charge in [-0.05, 0) is 31.2 Å². The lowest BCUT2D eigenvalue weighted by Crippen LogP contribution is -2.58. The molecule has 0 aromatic heterocycles. The van der Waals surface area contributed by atoms with Gasteiger partial charge < -0.3 is 9.64 Å². The molecule has 0 spiro atoms. The quantitative estimate of drug-likeness (QED) is 0.847. The molecule has 3 atom stereocenters. The largest absolute Gasteiger partial charge is 0.377 e. The van der Waals surface area contributed by atoms with E-state index in [4.69, 9.17) is 4.74 Å². The Bertz CT molecular complexity index is 437. The van der Waals surface area contributed by atoms with Crippen molar-refractivity contribution >= 4 is 5.91 Å². The van der Waals surface area contributed by atoms with Gasteiger partial charge in [-0.3, -0.25) is 4.79 Å². The van der Waals surface area contributed by atoms with Crippen LogP contribution in [0.3, 0.4) is 0 Å². The summed E-state index contributed by atoms with van der Waals surface area (Å²) < 4.78 is 5.64. The number of morpholine rings is 1. The van der Waals surface area contributed by atoms with Crippen LogP contribution in [-0.4, -0.2) is 36.1 Å². The second kappa shape index (κ2) is 5.96. The van der Waals surface area contributed by atoms with Crippen LogP contribution in [0.2, 0.25) is 0 Å². The van der Waals surface area contributed by atoms with Crippen LogP contribution < -0.4 is 0 Å². The third-order valence-electron chi connectivity index (χ3n) is 4.64. The zero-order chi connectivity index (χ0) is 13.9. The van der Waals surface area contributed by atoms with E-state index in [0.29, 0.717) is 31.2 Å². The van der Waals surface area contributed by atoms with E-state index in [1.54, 1.807) is 0 Å². The average molecular weight is 273 g/mol. The van der Waals surface area contributed by atoms with E-state index in [1.807, 2.05) is 18.2 Å².